The molecular weight excluding hydrogens is 409 g/mol. The number of amides is 1. The zero-order chi connectivity index (χ0) is 22.3. The maximum atomic E-state index is 14.0. The van der Waals surface area contributed by atoms with E-state index in [0.29, 0.717) is 18.0 Å². The second kappa shape index (κ2) is 9.70. The van der Waals surface area contributed by atoms with Gasteiger partial charge in [-0.3, -0.25) is 9.59 Å². The van der Waals surface area contributed by atoms with Crippen LogP contribution in [0.2, 0.25) is 0 Å². The molecule has 160 valence electrons. The van der Waals surface area contributed by atoms with Gasteiger partial charge in [-0.05, 0) is 48.0 Å². The molecule has 0 bridgehead atoms. The smallest absolute Gasteiger partial charge is 0.267 e. The number of halogens is 1. The van der Waals surface area contributed by atoms with Crippen LogP contribution in [0.5, 0.6) is 5.75 Å². The zero-order valence-electron chi connectivity index (χ0n) is 17.1. The highest BCUT2D eigenvalue weighted by Gasteiger charge is 2.11. The molecule has 0 unspecified atom stereocenters. The molecule has 32 heavy (non-hydrogen) atoms. The van der Waals surface area contributed by atoms with Crippen LogP contribution >= 0.6 is 0 Å². The average Bonchev–Trinajstić information content (AvgIpc) is 2.81. The van der Waals surface area contributed by atoms with Crippen molar-refractivity contribution in [3.8, 4) is 17.0 Å². The van der Waals surface area contributed by atoms with Crippen LogP contribution in [0.1, 0.15) is 5.56 Å². The third-order valence-corrected chi connectivity index (χ3v) is 4.70. The number of anilines is 1. The summed E-state index contributed by atoms with van der Waals surface area (Å²) in [5.74, 6) is -0.213. The van der Waals surface area contributed by atoms with Crippen LogP contribution in [0.25, 0.3) is 11.3 Å². The summed E-state index contributed by atoms with van der Waals surface area (Å²) in [7, 11) is 0. The molecule has 1 N–H and O–H groups in total. The fourth-order valence-electron chi connectivity index (χ4n) is 3.09. The number of benzene rings is 3. The third kappa shape index (κ3) is 5.26. The summed E-state index contributed by atoms with van der Waals surface area (Å²) in [6.45, 7) is 0.146. The van der Waals surface area contributed by atoms with E-state index in [1.54, 1.807) is 42.5 Å². The van der Waals surface area contributed by atoms with Crippen molar-refractivity contribution in [2.45, 2.75) is 13.2 Å². The molecule has 0 fully saturated rings. The largest absolute Gasteiger partial charge is 0.489 e. The van der Waals surface area contributed by atoms with Crippen molar-refractivity contribution in [1.82, 2.24) is 9.78 Å². The van der Waals surface area contributed by atoms with Gasteiger partial charge in [0, 0.05) is 17.3 Å². The molecule has 0 aliphatic rings. The molecule has 0 saturated heterocycles. The first-order valence-corrected chi connectivity index (χ1v) is 9.98. The predicted octanol–water partition coefficient (Wildman–Crippen LogP) is 4.27. The summed E-state index contributed by atoms with van der Waals surface area (Å²) >= 11 is 0. The van der Waals surface area contributed by atoms with Crippen LogP contribution in [-0.2, 0) is 17.9 Å². The lowest BCUT2D eigenvalue weighted by Gasteiger charge is -2.10. The van der Waals surface area contributed by atoms with Gasteiger partial charge in [-0.25, -0.2) is 9.07 Å². The van der Waals surface area contributed by atoms with Crippen molar-refractivity contribution in [1.29, 1.82) is 0 Å². The SMILES string of the molecule is O=C(Cn1nc(-c2ccccc2F)ccc1=O)Nc1ccc(OCc2ccccc2)cc1. The number of carbonyl (C=O) groups excluding carboxylic acids is 1. The van der Waals surface area contributed by atoms with Gasteiger partial charge in [-0.15, -0.1) is 0 Å². The van der Waals surface area contributed by atoms with Crippen LogP contribution in [-0.4, -0.2) is 15.7 Å². The number of carbonyl (C=O) groups is 1. The summed E-state index contributed by atoms with van der Waals surface area (Å²) in [5.41, 5.74) is 1.69. The van der Waals surface area contributed by atoms with Gasteiger partial charge < -0.3 is 10.1 Å². The molecule has 0 aliphatic carbocycles. The van der Waals surface area contributed by atoms with E-state index in [1.165, 1.54) is 18.2 Å². The van der Waals surface area contributed by atoms with Gasteiger partial charge in [0.05, 0.1) is 5.69 Å². The summed E-state index contributed by atoms with van der Waals surface area (Å²) in [6.07, 6.45) is 0. The van der Waals surface area contributed by atoms with Crippen LogP contribution in [0, 0.1) is 5.82 Å². The van der Waals surface area contributed by atoms with E-state index in [2.05, 4.69) is 10.4 Å². The molecule has 3 aromatic carbocycles. The quantitative estimate of drug-likeness (QED) is 0.476. The van der Waals surface area contributed by atoms with Crippen molar-refractivity contribution >= 4 is 11.6 Å². The number of rotatable bonds is 7. The topological polar surface area (TPSA) is 73.2 Å². The molecule has 4 aromatic rings. The molecule has 0 aliphatic heterocycles. The maximum absolute atomic E-state index is 14.0. The molecule has 4 rings (SSSR count). The van der Waals surface area contributed by atoms with Gasteiger partial charge in [0.2, 0.25) is 5.91 Å². The first-order chi connectivity index (χ1) is 15.6. The number of nitrogens with one attached hydrogen (secondary N) is 1. The predicted molar refractivity (Wildman–Crippen MR) is 120 cm³/mol. The standard InChI is InChI=1S/C25H20FN3O3/c26-22-9-5-4-8-21(22)23-14-15-25(31)29(28-23)16-24(30)27-19-10-12-20(13-11-19)32-17-18-6-2-1-3-7-18/h1-15H,16-17H2,(H,27,30). The second-order valence-corrected chi connectivity index (χ2v) is 7.04. The van der Waals surface area contributed by atoms with Gasteiger partial charge >= 0.3 is 0 Å². The van der Waals surface area contributed by atoms with Crippen molar-refractivity contribution in [2.75, 3.05) is 5.32 Å². The van der Waals surface area contributed by atoms with E-state index in [4.69, 9.17) is 4.74 Å². The molecular formula is C25H20FN3O3. The van der Waals surface area contributed by atoms with E-state index in [0.717, 1.165) is 10.2 Å². The molecule has 1 aromatic heterocycles. The Balaban J connectivity index is 1.39. The van der Waals surface area contributed by atoms with Crippen LogP contribution < -0.4 is 15.6 Å². The monoisotopic (exact) mass is 429 g/mol. The van der Waals surface area contributed by atoms with Gasteiger partial charge in [0.15, 0.2) is 0 Å². The van der Waals surface area contributed by atoms with E-state index < -0.39 is 17.3 Å². The number of ether oxygens (including phenoxy) is 1. The van der Waals surface area contributed by atoms with Crippen molar-refractivity contribution < 1.29 is 13.9 Å². The lowest BCUT2D eigenvalue weighted by atomic mass is 10.1. The minimum Gasteiger partial charge on any atom is -0.489 e. The Bertz CT molecular complexity index is 1270. The Morgan fingerprint density at radius 2 is 1.62 bits per heavy atom. The van der Waals surface area contributed by atoms with E-state index >= 15 is 0 Å². The fourth-order valence-corrected chi connectivity index (χ4v) is 3.09. The molecule has 0 radical (unpaired) electrons. The second-order valence-electron chi connectivity index (χ2n) is 7.04. The maximum Gasteiger partial charge on any atom is 0.267 e. The zero-order valence-corrected chi connectivity index (χ0v) is 17.1. The van der Waals surface area contributed by atoms with E-state index in [-0.39, 0.29) is 17.8 Å². The summed E-state index contributed by atoms with van der Waals surface area (Å²) < 4.78 is 20.8. The van der Waals surface area contributed by atoms with E-state index in [9.17, 15) is 14.0 Å². The molecule has 0 atom stereocenters. The highest BCUT2D eigenvalue weighted by Crippen LogP contribution is 2.19. The number of hydrogen-bond donors (Lipinski definition) is 1. The van der Waals surface area contributed by atoms with Gasteiger partial charge in [-0.1, -0.05) is 42.5 Å². The molecule has 0 spiro atoms. The number of aromatic nitrogens is 2. The van der Waals surface area contributed by atoms with Crippen LogP contribution in [0.4, 0.5) is 10.1 Å². The van der Waals surface area contributed by atoms with E-state index in [1.807, 2.05) is 30.3 Å². The molecule has 0 saturated carbocycles. The lowest BCUT2D eigenvalue weighted by Crippen LogP contribution is -2.29. The van der Waals surface area contributed by atoms with Crippen molar-refractivity contribution in [3.05, 3.63) is 113 Å². The van der Waals surface area contributed by atoms with Crippen molar-refractivity contribution in [2.24, 2.45) is 0 Å². The van der Waals surface area contributed by atoms with Gasteiger partial charge in [0.1, 0.15) is 24.7 Å². The number of nitrogens with zero attached hydrogens (tertiary/aromatic N) is 2. The molecule has 1 amide bonds. The fraction of sp³-hybridized carbons (Fsp3) is 0.0800. The Morgan fingerprint density at radius 1 is 0.906 bits per heavy atom. The van der Waals surface area contributed by atoms with Gasteiger partial charge in [-0.2, -0.15) is 5.10 Å². The summed E-state index contributed by atoms with van der Waals surface area (Å²) in [6, 6.07) is 25.5. The minimum atomic E-state index is -0.454. The Kier molecular flexibility index (Phi) is 6.36. The minimum absolute atomic E-state index is 0.257. The highest BCUT2D eigenvalue weighted by molar-refractivity contribution is 5.90. The Hall–Kier alpha value is -4.26. The number of hydrogen-bond acceptors (Lipinski definition) is 4. The molecule has 1 heterocycles. The first-order valence-electron chi connectivity index (χ1n) is 9.98. The third-order valence-electron chi connectivity index (χ3n) is 4.70. The lowest BCUT2D eigenvalue weighted by molar-refractivity contribution is -0.117. The van der Waals surface area contributed by atoms with Crippen LogP contribution in [0.3, 0.4) is 0 Å². The first kappa shape index (κ1) is 21.0. The molecule has 7 heteroatoms. The average molecular weight is 429 g/mol. The molecule has 6 nitrogen and oxygen atoms in total. The Morgan fingerprint density at radius 3 is 2.38 bits per heavy atom. The Labute approximate surface area is 183 Å². The highest BCUT2D eigenvalue weighted by atomic mass is 19.1. The summed E-state index contributed by atoms with van der Waals surface area (Å²) in [5, 5.41) is 6.86. The van der Waals surface area contributed by atoms with Crippen molar-refractivity contribution in [3.63, 3.8) is 0 Å². The van der Waals surface area contributed by atoms with Gasteiger partial charge in [0.25, 0.3) is 5.56 Å². The normalized spacial score (nSPS) is 10.5. The van der Waals surface area contributed by atoms with Crippen LogP contribution in [0.15, 0.2) is 95.8 Å². The summed E-state index contributed by atoms with van der Waals surface area (Å²) in [4.78, 5) is 24.5.